The molecule has 1 fully saturated rings. The largest absolute Gasteiger partial charge is 0.496 e. The smallest absolute Gasteiger partial charge is 0.264 e. The number of rotatable bonds is 13. The monoisotopic (exact) mass is 669 g/mol. The third-order valence-corrected chi connectivity index (χ3v) is 10.3. The van der Waals surface area contributed by atoms with Crippen molar-refractivity contribution in [2.75, 3.05) is 24.5 Å². The molecule has 1 unspecified atom stereocenters. The van der Waals surface area contributed by atoms with E-state index in [0.29, 0.717) is 28.8 Å². The molecule has 1 atom stereocenters. The van der Waals surface area contributed by atoms with Gasteiger partial charge in [-0.05, 0) is 84.4 Å². The number of benzene rings is 3. The fourth-order valence-corrected chi connectivity index (χ4v) is 7.57. The van der Waals surface area contributed by atoms with Crippen molar-refractivity contribution >= 4 is 43.5 Å². The molecular formula is C33H40BrN3O5S. The third kappa shape index (κ3) is 8.17. The van der Waals surface area contributed by atoms with Gasteiger partial charge in [0.2, 0.25) is 11.8 Å². The summed E-state index contributed by atoms with van der Waals surface area (Å²) in [6.07, 6.45) is 4.94. The lowest BCUT2D eigenvalue weighted by Gasteiger charge is -2.33. The van der Waals surface area contributed by atoms with E-state index in [0.717, 1.165) is 41.1 Å². The molecule has 1 saturated carbocycles. The maximum atomic E-state index is 14.2. The fraction of sp³-hybridized carbons (Fsp3) is 0.394. The minimum atomic E-state index is -4.18. The number of sulfonamides is 1. The molecule has 1 aliphatic rings. The zero-order valence-electron chi connectivity index (χ0n) is 25.0. The van der Waals surface area contributed by atoms with Gasteiger partial charge in [0.15, 0.2) is 0 Å². The second-order valence-corrected chi connectivity index (χ2v) is 13.6. The van der Waals surface area contributed by atoms with Crippen molar-refractivity contribution < 1.29 is 22.7 Å². The molecule has 0 radical (unpaired) electrons. The van der Waals surface area contributed by atoms with Crippen LogP contribution in [0.2, 0.25) is 0 Å². The average molecular weight is 671 g/mol. The number of amides is 2. The number of carbonyl (C=O) groups is 2. The van der Waals surface area contributed by atoms with Crippen LogP contribution in [0.1, 0.15) is 50.2 Å². The van der Waals surface area contributed by atoms with Crippen molar-refractivity contribution in [2.24, 2.45) is 0 Å². The van der Waals surface area contributed by atoms with Gasteiger partial charge in [0, 0.05) is 12.6 Å². The normalized spacial score (nSPS) is 14.2. The molecule has 0 saturated heterocycles. The molecule has 1 aliphatic carbocycles. The first-order valence-electron chi connectivity index (χ1n) is 14.7. The molecule has 3 aromatic carbocycles. The Balaban J connectivity index is 1.69. The van der Waals surface area contributed by atoms with Gasteiger partial charge in [-0.3, -0.25) is 13.9 Å². The van der Waals surface area contributed by atoms with Gasteiger partial charge in [-0.25, -0.2) is 8.42 Å². The van der Waals surface area contributed by atoms with Crippen molar-refractivity contribution in [1.82, 2.24) is 10.2 Å². The van der Waals surface area contributed by atoms with E-state index >= 15 is 0 Å². The number of nitrogens with one attached hydrogen (secondary N) is 1. The van der Waals surface area contributed by atoms with Gasteiger partial charge in [-0.2, -0.15) is 0 Å². The Morgan fingerprint density at radius 1 is 1.02 bits per heavy atom. The van der Waals surface area contributed by atoms with Crippen LogP contribution in [0.15, 0.2) is 82.2 Å². The summed E-state index contributed by atoms with van der Waals surface area (Å²) in [4.78, 5) is 29.3. The van der Waals surface area contributed by atoms with Gasteiger partial charge >= 0.3 is 0 Å². The number of anilines is 1. The quantitative estimate of drug-likeness (QED) is 0.246. The van der Waals surface area contributed by atoms with Crippen LogP contribution >= 0.6 is 15.9 Å². The first-order valence-corrected chi connectivity index (χ1v) is 16.9. The second-order valence-electron chi connectivity index (χ2n) is 10.9. The summed E-state index contributed by atoms with van der Waals surface area (Å²) in [6.45, 7) is 3.60. The van der Waals surface area contributed by atoms with E-state index < -0.39 is 28.5 Å². The molecule has 10 heteroatoms. The third-order valence-electron chi connectivity index (χ3n) is 7.88. The zero-order valence-corrected chi connectivity index (χ0v) is 27.4. The molecule has 0 heterocycles. The van der Waals surface area contributed by atoms with E-state index in [9.17, 15) is 18.0 Å². The lowest BCUT2D eigenvalue weighted by atomic mass is 10.1. The molecule has 1 N–H and O–H groups in total. The van der Waals surface area contributed by atoms with Crippen LogP contribution in [0.3, 0.4) is 0 Å². The van der Waals surface area contributed by atoms with E-state index in [1.54, 1.807) is 23.1 Å². The molecule has 8 nitrogen and oxygen atoms in total. The number of hydrogen-bond acceptors (Lipinski definition) is 5. The number of aryl methyl sites for hydroxylation is 1. The highest BCUT2D eigenvalue weighted by molar-refractivity contribution is 9.10. The standard InChI is InChI=1S/C33H40BrN3O5S/c1-4-30(33(39)35-26-12-8-9-13-26)36(21-20-25-10-6-5-7-11-25)32(38)23-37(27-16-14-24(2)15-17-27)43(40,41)28-18-19-31(42-3)29(34)22-28/h5-7,10-11,14-19,22,26,30H,4,8-9,12-13,20-21,23H2,1-3H3,(H,35,39). The Hall–Kier alpha value is -3.37. The maximum absolute atomic E-state index is 14.2. The lowest BCUT2D eigenvalue weighted by molar-refractivity contribution is -0.139. The van der Waals surface area contributed by atoms with Crippen LogP contribution in [0, 0.1) is 6.92 Å². The predicted octanol–water partition coefficient (Wildman–Crippen LogP) is 5.87. The summed E-state index contributed by atoms with van der Waals surface area (Å²) in [5.41, 5.74) is 2.34. The Morgan fingerprint density at radius 2 is 1.70 bits per heavy atom. The van der Waals surface area contributed by atoms with Crippen LogP contribution in [-0.4, -0.2) is 57.4 Å². The molecule has 43 heavy (non-hydrogen) atoms. The van der Waals surface area contributed by atoms with E-state index in [1.165, 1.54) is 19.2 Å². The van der Waals surface area contributed by atoms with Gasteiger partial charge in [-0.1, -0.05) is 67.8 Å². The first-order chi connectivity index (χ1) is 20.6. The van der Waals surface area contributed by atoms with Crippen LogP contribution < -0.4 is 14.4 Å². The van der Waals surface area contributed by atoms with Gasteiger partial charge < -0.3 is 15.0 Å². The molecule has 2 amide bonds. The Labute approximate surface area is 263 Å². The molecule has 3 aromatic rings. The highest BCUT2D eigenvalue weighted by Gasteiger charge is 2.34. The van der Waals surface area contributed by atoms with Crippen molar-refractivity contribution in [3.8, 4) is 5.75 Å². The number of methoxy groups -OCH3 is 1. The molecule has 230 valence electrons. The van der Waals surface area contributed by atoms with Crippen molar-refractivity contribution in [2.45, 2.75) is 69.4 Å². The topological polar surface area (TPSA) is 96.0 Å². The van der Waals surface area contributed by atoms with Crippen molar-refractivity contribution in [3.05, 3.63) is 88.4 Å². The minimum absolute atomic E-state index is 0.00963. The maximum Gasteiger partial charge on any atom is 0.264 e. The zero-order chi connectivity index (χ0) is 31.0. The summed E-state index contributed by atoms with van der Waals surface area (Å²) < 4.78 is 35.1. The highest BCUT2D eigenvalue weighted by Crippen LogP contribution is 2.31. The Bertz CT molecular complexity index is 1490. The van der Waals surface area contributed by atoms with Crippen molar-refractivity contribution in [1.29, 1.82) is 0 Å². The van der Waals surface area contributed by atoms with Gasteiger partial charge in [-0.15, -0.1) is 0 Å². The van der Waals surface area contributed by atoms with E-state index in [4.69, 9.17) is 4.74 Å². The summed E-state index contributed by atoms with van der Waals surface area (Å²) in [6, 6.07) is 20.6. The Kier molecular flexibility index (Phi) is 11.3. The van der Waals surface area contributed by atoms with E-state index in [1.807, 2.05) is 56.3 Å². The van der Waals surface area contributed by atoms with Crippen LogP contribution in [0.4, 0.5) is 5.69 Å². The van der Waals surface area contributed by atoms with Crippen molar-refractivity contribution in [3.63, 3.8) is 0 Å². The molecule has 0 aromatic heterocycles. The molecule has 4 rings (SSSR count). The summed E-state index contributed by atoms with van der Waals surface area (Å²) in [5, 5.41) is 3.15. The SMILES string of the molecule is CCC(C(=O)NC1CCCC1)N(CCc1ccccc1)C(=O)CN(c1ccc(C)cc1)S(=O)(=O)c1ccc(OC)c(Br)c1. The number of ether oxygens (including phenoxy) is 1. The fourth-order valence-electron chi connectivity index (χ4n) is 5.44. The summed E-state index contributed by atoms with van der Waals surface area (Å²) in [5.74, 6) is -0.149. The molecular weight excluding hydrogens is 630 g/mol. The molecule has 0 bridgehead atoms. The van der Waals surface area contributed by atoms with Gasteiger partial charge in [0.1, 0.15) is 18.3 Å². The lowest BCUT2D eigenvalue weighted by Crippen LogP contribution is -2.54. The molecule has 0 aliphatic heterocycles. The van der Waals surface area contributed by atoms with E-state index in [-0.39, 0.29) is 23.4 Å². The van der Waals surface area contributed by atoms with E-state index in [2.05, 4.69) is 21.2 Å². The number of halogens is 1. The number of hydrogen-bond donors (Lipinski definition) is 1. The average Bonchev–Trinajstić information content (AvgIpc) is 3.51. The van der Waals surface area contributed by atoms with Crippen LogP contribution in [0.25, 0.3) is 0 Å². The highest BCUT2D eigenvalue weighted by atomic mass is 79.9. The number of nitrogens with zero attached hydrogens (tertiary/aromatic N) is 2. The van der Waals surface area contributed by atoms with Gasteiger partial charge in [0.05, 0.1) is 22.2 Å². The first kappa shape index (κ1) is 32.5. The molecule has 0 spiro atoms. The second kappa shape index (κ2) is 14.9. The number of carbonyl (C=O) groups excluding carboxylic acids is 2. The van der Waals surface area contributed by atoms with Crippen LogP contribution in [-0.2, 0) is 26.0 Å². The van der Waals surface area contributed by atoms with Crippen LogP contribution in [0.5, 0.6) is 5.75 Å². The summed E-state index contributed by atoms with van der Waals surface area (Å²) in [7, 11) is -2.68. The minimum Gasteiger partial charge on any atom is -0.496 e. The predicted molar refractivity (Wildman–Crippen MR) is 173 cm³/mol. The van der Waals surface area contributed by atoms with Gasteiger partial charge in [0.25, 0.3) is 10.0 Å². The Morgan fingerprint density at radius 3 is 2.30 bits per heavy atom. The summed E-state index contributed by atoms with van der Waals surface area (Å²) >= 11 is 3.38.